The summed E-state index contributed by atoms with van der Waals surface area (Å²) < 4.78 is 53.2. The summed E-state index contributed by atoms with van der Waals surface area (Å²) in [6.45, 7) is 5.20. The molecule has 2 rings (SSSR count). The van der Waals surface area contributed by atoms with Crippen LogP contribution in [0.5, 0.6) is 0 Å². The maximum absolute atomic E-state index is 13.7. The standard InChI is InChI=1S/C15H13F4P/c1-8-4-10(5-12(16)9(8)2)20(3)11-6-13(17)15(19)14(18)7-11/h4-7H,1-3H3. The van der Waals surface area contributed by atoms with Crippen LogP contribution >= 0.6 is 7.92 Å². The summed E-state index contributed by atoms with van der Waals surface area (Å²) in [4.78, 5) is 0. The minimum atomic E-state index is -1.48. The number of benzene rings is 2. The third-order valence-corrected chi connectivity index (χ3v) is 5.40. The summed E-state index contributed by atoms with van der Waals surface area (Å²) in [5.74, 6) is -4.28. The molecule has 0 aromatic heterocycles. The van der Waals surface area contributed by atoms with Crippen molar-refractivity contribution in [2.45, 2.75) is 13.8 Å². The molecule has 0 bridgehead atoms. The zero-order valence-electron chi connectivity index (χ0n) is 11.3. The van der Waals surface area contributed by atoms with Crippen LogP contribution in [0, 0.1) is 37.1 Å². The third-order valence-electron chi connectivity index (χ3n) is 3.33. The highest BCUT2D eigenvalue weighted by molar-refractivity contribution is 7.72. The predicted octanol–water partition coefficient (Wildman–Crippen LogP) is 3.92. The topological polar surface area (TPSA) is 0 Å². The molecule has 0 N–H and O–H groups in total. The van der Waals surface area contributed by atoms with Crippen LogP contribution in [0.1, 0.15) is 11.1 Å². The van der Waals surface area contributed by atoms with E-state index in [2.05, 4.69) is 0 Å². The first-order valence-electron chi connectivity index (χ1n) is 5.96. The average Bonchev–Trinajstić information content (AvgIpc) is 2.40. The summed E-state index contributed by atoms with van der Waals surface area (Å²) in [6, 6.07) is 5.10. The predicted molar refractivity (Wildman–Crippen MR) is 74.3 cm³/mol. The van der Waals surface area contributed by atoms with Gasteiger partial charge >= 0.3 is 0 Å². The summed E-state index contributed by atoms with van der Waals surface area (Å²) in [6.07, 6.45) is 0. The van der Waals surface area contributed by atoms with E-state index >= 15 is 0 Å². The number of hydrogen-bond donors (Lipinski definition) is 0. The van der Waals surface area contributed by atoms with Crippen LogP contribution in [0.15, 0.2) is 24.3 Å². The Balaban J connectivity index is 2.49. The molecule has 0 amide bonds. The lowest BCUT2D eigenvalue weighted by Gasteiger charge is -2.16. The van der Waals surface area contributed by atoms with E-state index in [1.165, 1.54) is 6.07 Å². The second-order valence-corrected chi connectivity index (χ2v) is 6.80. The maximum atomic E-state index is 13.7. The van der Waals surface area contributed by atoms with Crippen molar-refractivity contribution >= 4 is 18.5 Å². The molecular formula is C15H13F4P. The van der Waals surface area contributed by atoms with Gasteiger partial charge in [-0.2, -0.15) is 0 Å². The van der Waals surface area contributed by atoms with Gasteiger partial charge in [0.15, 0.2) is 17.5 Å². The van der Waals surface area contributed by atoms with Crippen molar-refractivity contribution < 1.29 is 17.6 Å². The fourth-order valence-corrected chi connectivity index (χ4v) is 3.48. The van der Waals surface area contributed by atoms with Crippen LogP contribution in [-0.2, 0) is 0 Å². The Morgan fingerprint density at radius 1 is 0.750 bits per heavy atom. The van der Waals surface area contributed by atoms with E-state index in [1.807, 2.05) is 0 Å². The van der Waals surface area contributed by atoms with Crippen LogP contribution in [-0.4, -0.2) is 6.66 Å². The molecule has 0 nitrogen and oxygen atoms in total. The molecule has 0 aliphatic carbocycles. The molecule has 5 heteroatoms. The Hall–Kier alpha value is -1.41. The quantitative estimate of drug-likeness (QED) is 0.448. The molecule has 0 radical (unpaired) electrons. The van der Waals surface area contributed by atoms with E-state index in [4.69, 9.17) is 0 Å². The number of halogens is 4. The smallest absolute Gasteiger partial charge is 0.194 e. The molecule has 0 saturated heterocycles. The molecule has 0 aliphatic heterocycles. The number of hydrogen-bond acceptors (Lipinski definition) is 0. The molecule has 0 aliphatic rings. The zero-order chi connectivity index (χ0) is 15.0. The van der Waals surface area contributed by atoms with Gasteiger partial charge in [-0.25, -0.2) is 17.6 Å². The molecule has 0 saturated carbocycles. The molecule has 0 fully saturated rings. The van der Waals surface area contributed by atoms with Crippen molar-refractivity contribution in [1.82, 2.24) is 0 Å². The van der Waals surface area contributed by atoms with Crippen LogP contribution in [0.3, 0.4) is 0 Å². The molecule has 1 unspecified atom stereocenters. The first kappa shape index (κ1) is 15.0. The number of aryl methyl sites for hydroxylation is 1. The van der Waals surface area contributed by atoms with Gasteiger partial charge in [0.1, 0.15) is 5.82 Å². The fraction of sp³-hybridized carbons (Fsp3) is 0.200. The molecule has 2 aromatic carbocycles. The van der Waals surface area contributed by atoms with E-state index in [1.54, 1.807) is 26.6 Å². The van der Waals surface area contributed by atoms with Crippen LogP contribution in [0.4, 0.5) is 17.6 Å². The Kier molecular flexibility index (Phi) is 4.14. The monoisotopic (exact) mass is 300 g/mol. The molecule has 0 heterocycles. The van der Waals surface area contributed by atoms with E-state index in [0.29, 0.717) is 16.2 Å². The molecular weight excluding hydrogens is 287 g/mol. The summed E-state index contributed by atoms with van der Waals surface area (Å²) >= 11 is 0. The summed E-state index contributed by atoms with van der Waals surface area (Å²) in [5, 5.41) is 0.991. The van der Waals surface area contributed by atoms with Gasteiger partial charge in [-0.15, -0.1) is 0 Å². The second kappa shape index (κ2) is 5.53. The summed E-state index contributed by atoms with van der Waals surface area (Å²) in [7, 11) is -1.15. The first-order valence-corrected chi connectivity index (χ1v) is 7.75. The van der Waals surface area contributed by atoms with E-state index in [9.17, 15) is 17.6 Å². The maximum Gasteiger partial charge on any atom is 0.194 e. The van der Waals surface area contributed by atoms with Gasteiger partial charge in [0.25, 0.3) is 0 Å². The minimum Gasteiger partial charge on any atom is -0.207 e. The minimum absolute atomic E-state index is 0.332. The average molecular weight is 300 g/mol. The van der Waals surface area contributed by atoms with Crippen molar-refractivity contribution in [3.05, 3.63) is 58.7 Å². The molecule has 106 valence electrons. The largest absolute Gasteiger partial charge is 0.207 e. The zero-order valence-corrected chi connectivity index (χ0v) is 12.2. The van der Waals surface area contributed by atoms with E-state index in [0.717, 1.165) is 17.7 Å². The van der Waals surface area contributed by atoms with Gasteiger partial charge < -0.3 is 0 Å². The molecule has 2 aromatic rings. The van der Waals surface area contributed by atoms with Gasteiger partial charge in [0.05, 0.1) is 0 Å². The highest BCUT2D eigenvalue weighted by atomic mass is 31.1. The van der Waals surface area contributed by atoms with Crippen LogP contribution < -0.4 is 10.6 Å². The lowest BCUT2D eigenvalue weighted by molar-refractivity contribution is 0.448. The Labute approximate surface area is 116 Å². The third kappa shape index (κ3) is 2.71. The Bertz CT molecular complexity index is 563. The van der Waals surface area contributed by atoms with Gasteiger partial charge in [-0.05, 0) is 68.4 Å². The second-order valence-electron chi connectivity index (χ2n) is 4.65. The molecule has 20 heavy (non-hydrogen) atoms. The highest BCUT2D eigenvalue weighted by Crippen LogP contribution is 2.31. The van der Waals surface area contributed by atoms with E-state index < -0.39 is 25.4 Å². The normalized spacial score (nSPS) is 12.6. The Morgan fingerprint density at radius 2 is 1.20 bits per heavy atom. The van der Waals surface area contributed by atoms with Crippen LogP contribution in [0.2, 0.25) is 0 Å². The van der Waals surface area contributed by atoms with Crippen molar-refractivity contribution in [3.63, 3.8) is 0 Å². The number of rotatable bonds is 2. The summed E-state index contributed by atoms with van der Waals surface area (Å²) in [5.41, 5.74) is 1.33. The van der Waals surface area contributed by atoms with Crippen molar-refractivity contribution in [2.75, 3.05) is 6.66 Å². The van der Waals surface area contributed by atoms with E-state index in [-0.39, 0.29) is 5.82 Å². The van der Waals surface area contributed by atoms with Gasteiger partial charge in [0.2, 0.25) is 0 Å². The molecule has 0 spiro atoms. The van der Waals surface area contributed by atoms with Gasteiger partial charge in [0, 0.05) is 0 Å². The SMILES string of the molecule is Cc1cc(P(C)c2cc(F)c(F)c(F)c2)cc(F)c1C. The first-order chi connectivity index (χ1) is 9.31. The highest BCUT2D eigenvalue weighted by Gasteiger charge is 2.17. The van der Waals surface area contributed by atoms with Gasteiger partial charge in [-0.3, -0.25) is 0 Å². The van der Waals surface area contributed by atoms with Crippen LogP contribution in [0.25, 0.3) is 0 Å². The Morgan fingerprint density at radius 3 is 1.70 bits per heavy atom. The lowest BCUT2D eigenvalue weighted by Crippen LogP contribution is -2.15. The fourth-order valence-electron chi connectivity index (χ4n) is 1.88. The van der Waals surface area contributed by atoms with Gasteiger partial charge in [-0.1, -0.05) is 6.07 Å². The van der Waals surface area contributed by atoms with Crippen molar-refractivity contribution in [3.8, 4) is 0 Å². The van der Waals surface area contributed by atoms with Crippen molar-refractivity contribution in [2.24, 2.45) is 0 Å². The lowest BCUT2D eigenvalue weighted by atomic mass is 10.1. The van der Waals surface area contributed by atoms with Crippen molar-refractivity contribution in [1.29, 1.82) is 0 Å². The molecule has 1 atom stereocenters.